The monoisotopic (exact) mass is 364 g/mol. The van der Waals surface area contributed by atoms with Crippen LogP contribution in [0.25, 0.3) is 16.7 Å². The third-order valence-corrected chi connectivity index (χ3v) is 4.40. The maximum atomic E-state index is 11.7. The third-order valence-electron chi connectivity index (χ3n) is 4.40. The first-order chi connectivity index (χ1) is 12.8. The van der Waals surface area contributed by atoms with Crippen LogP contribution >= 0.6 is 0 Å². The second-order valence-corrected chi connectivity index (χ2v) is 7.63. The molecule has 0 bridgehead atoms. The minimum Gasteiger partial charge on any atom is -0.480 e. The highest BCUT2D eigenvalue weighted by atomic mass is 16.4. The van der Waals surface area contributed by atoms with E-state index < -0.39 is 17.4 Å². The number of nitrogens with one attached hydrogen (secondary N) is 1. The predicted octanol–water partition coefficient (Wildman–Crippen LogP) is 3.54. The van der Waals surface area contributed by atoms with Crippen LogP contribution < -0.4 is 5.32 Å². The van der Waals surface area contributed by atoms with Crippen LogP contribution in [0.5, 0.6) is 0 Å². The van der Waals surface area contributed by atoms with E-state index in [4.69, 9.17) is 0 Å². The van der Waals surface area contributed by atoms with E-state index in [1.165, 1.54) is 0 Å². The van der Waals surface area contributed by atoms with Crippen LogP contribution in [-0.2, 0) is 11.3 Å². The van der Waals surface area contributed by atoms with Gasteiger partial charge in [0.05, 0.1) is 12.2 Å². The molecule has 2 aromatic heterocycles. The number of rotatable bonds is 6. The molecular formula is C21H24N4O2. The third kappa shape index (κ3) is 4.00. The van der Waals surface area contributed by atoms with Crippen LogP contribution in [0.2, 0.25) is 0 Å². The highest BCUT2D eigenvalue weighted by Gasteiger charge is 2.32. The van der Waals surface area contributed by atoms with E-state index in [9.17, 15) is 9.90 Å². The summed E-state index contributed by atoms with van der Waals surface area (Å²) < 4.78 is 1.82. The second-order valence-electron chi connectivity index (χ2n) is 7.63. The summed E-state index contributed by atoms with van der Waals surface area (Å²) in [7, 11) is 0. The van der Waals surface area contributed by atoms with Crippen molar-refractivity contribution < 1.29 is 9.90 Å². The highest BCUT2D eigenvalue weighted by Crippen LogP contribution is 2.25. The van der Waals surface area contributed by atoms with Gasteiger partial charge in [0.2, 0.25) is 0 Å². The molecule has 0 amide bonds. The fourth-order valence-corrected chi connectivity index (χ4v) is 2.99. The molecule has 1 atom stereocenters. The number of pyridine rings is 1. The maximum absolute atomic E-state index is 11.7. The number of aromatic nitrogens is 3. The summed E-state index contributed by atoms with van der Waals surface area (Å²) in [4.78, 5) is 16.1. The number of nitrogens with zero attached hydrogens (tertiary/aromatic N) is 3. The lowest BCUT2D eigenvalue weighted by atomic mass is 9.86. The molecule has 0 saturated heterocycles. The summed E-state index contributed by atoms with van der Waals surface area (Å²) in [5, 5.41) is 18.1. The van der Waals surface area contributed by atoms with Crippen LogP contribution in [0.1, 0.15) is 32.0 Å². The maximum Gasteiger partial charge on any atom is 0.326 e. The first kappa shape index (κ1) is 18.6. The molecule has 6 nitrogen and oxygen atoms in total. The number of hydrogen-bond donors (Lipinski definition) is 2. The van der Waals surface area contributed by atoms with Gasteiger partial charge in [0.25, 0.3) is 0 Å². The second kappa shape index (κ2) is 7.23. The molecule has 0 aliphatic carbocycles. The Labute approximate surface area is 158 Å². The minimum atomic E-state index is -0.921. The van der Waals surface area contributed by atoms with E-state index in [1.807, 2.05) is 67.9 Å². The molecule has 1 aromatic carbocycles. The van der Waals surface area contributed by atoms with E-state index in [-0.39, 0.29) is 0 Å². The largest absolute Gasteiger partial charge is 0.480 e. The summed E-state index contributed by atoms with van der Waals surface area (Å²) in [5.41, 5.74) is 2.46. The summed E-state index contributed by atoms with van der Waals surface area (Å²) in [6, 6.07) is 13.0. The molecule has 0 aliphatic rings. The molecule has 0 aliphatic heterocycles. The quantitative estimate of drug-likeness (QED) is 0.699. The van der Waals surface area contributed by atoms with Gasteiger partial charge in [0, 0.05) is 11.6 Å². The molecular weight excluding hydrogens is 340 g/mol. The number of carbonyl (C=O) groups is 1. The Morgan fingerprint density at radius 3 is 2.56 bits per heavy atom. The van der Waals surface area contributed by atoms with Gasteiger partial charge in [0.15, 0.2) is 5.65 Å². The van der Waals surface area contributed by atoms with Gasteiger partial charge in [-0.3, -0.25) is 0 Å². The predicted molar refractivity (Wildman–Crippen MR) is 106 cm³/mol. The minimum absolute atomic E-state index is 0.474. The van der Waals surface area contributed by atoms with Gasteiger partial charge in [-0.25, -0.2) is 14.5 Å². The van der Waals surface area contributed by atoms with E-state index >= 15 is 0 Å². The highest BCUT2D eigenvalue weighted by molar-refractivity contribution is 5.88. The molecule has 3 aromatic rings. The smallest absolute Gasteiger partial charge is 0.326 e. The first-order valence-electron chi connectivity index (χ1n) is 8.81. The van der Waals surface area contributed by atoms with Crippen LogP contribution in [0, 0.1) is 5.41 Å². The topological polar surface area (TPSA) is 80.0 Å². The van der Waals surface area contributed by atoms with Gasteiger partial charge in [-0.05, 0) is 23.1 Å². The number of benzene rings is 1. The Morgan fingerprint density at radius 2 is 1.93 bits per heavy atom. The van der Waals surface area contributed by atoms with Gasteiger partial charge in [0.1, 0.15) is 11.7 Å². The molecule has 140 valence electrons. The van der Waals surface area contributed by atoms with Crippen molar-refractivity contribution in [2.45, 2.75) is 33.4 Å². The number of fused-ring (bicyclic) bond motifs is 1. The molecule has 3 rings (SSSR count). The Kier molecular flexibility index (Phi) is 4.99. The summed E-state index contributed by atoms with van der Waals surface area (Å²) in [6.45, 7) is 10.2. The molecule has 0 radical (unpaired) electrons. The SMILES string of the molecule is C=C(N[C@H](C(=O)O)C(C)(C)C)c1nn(Cc2ccccc2)c2ncccc12. The average molecular weight is 364 g/mol. The van der Waals surface area contributed by atoms with Crippen molar-refractivity contribution in [3.05, 3.63) is 66.5 Å². The van der Waals surface area contributed by atoms with Crippen molar-refractivity contribution in [1.82, 2.24) is 20.1 Å². The Morgan fingerprint density at radius 1 is 1.22 bits per heavy atom. The summed E-state index contributed by atoms with van der Waals surface area (Å²) >= 11 is 0. The van der Waals surface area contributed by atoms with Crippen molar-refractivity contribution in [3.63, 3.8) is 0 Å². The number of aliphatic carboxylic acids is 1. The van der Waals surface area contributed by atoms with Crippen molar-refractivity contribution in [3.8, 4) is 0 Å². The van der Waals surface area contributed by atoms with E-state index in [0.717, 1.165) is 16.6 Å². The number of hydrogen-bond acceptors (Lipinski definition) is 4. The van der Waals surface area contributed by atoms with Crippen LogP contribution in [0.4, 0.5) is 0 Å². The Bertz CT molecular complexity index is 971. The zero-order chi connectivity index (χ0) is 19.6. The molecule has 2 N–H and O–H groups in total. The van der Waals surface area contributed by atoms with Crippen LogP contribution in [-0.4, -0.2) is 31.9 Å². The standard InChI is InChI=1S/C21H24N4O2/c1-14(23-18(20(26)27)21(2,3)4)17-16-11-8-12-22-19(16)25(24-17)13-15-9-6-5-7-10-15/h5-12,18,23H,1,13H2,2-4H3,(H,26,27)/t18-/m1/s1. The van der Waals surface area contributed by atoms with E-state index in [2.05, 4.69) is 22.0 Å². The number of carboxylic acid groups (broad SMARTS) is 1. The zero-order valence-electron chi connectivity index (χ0n) is 15.8. The van der Waals surface area contributed by atoms with Crippen molar-refractivity contribution in [1.29, 1.82) is 0 Å². The lowest BCUT2D eigenvalue weighted by Crippen LogP contribution is -2.45. The van der Waals surface area contributed by atoms with Gasteiger partial charge in [-0.15, -0.1) is 0 Å². The molecule has 6 heteroatoms. The number of carboxylic acids is 1. The van der Waals surface area contributed by atoms with Gasteiger partial charge in [-0.2, -0.15) is 5.10 Å². The van der Waals surface area contributed by atoms with Crippen molar-refractivity contribution in [2.24, 2.45) is 5.41 Å². The van der Waals surface area contributed by atoms with Crippen molar-refractivity contribution in [2.75, 3.05) is 0 Å². The van der Waals surface area contributed by atoms with Crippen LogP contribution in [0.3, 0.4) is 0 Å². The zero-order valence-corrected chi connectivity index (χ0v) is 15.8. The Hall–Kier alpha value is -3.15. The lowest BCUT2D eigenvalue weighted by Gasteiger charge is -2.29. The fraction of sp³-hybridized carbons (Fsp3) is 0.286. The van der Waals surface area contributed by atoms with Gasteiger partial charge >= 0.3 is 5.97 Å². The summed E-state index contributed by atoms with van der Waals surface area (Å²) in [6.07, 6.45) is 1.72. The van der Waals surface area contributed by atoms with E-state index in [0.29, 0.717) is 17.9 Å². The lowest BCUT2D eigenvalue weighted by molar-refractivity contribution is -0.141. The fourth-order valence-electron chi connectivity index (χ4n) is 2.99. The molecule has 0 saturated carbocycles. The van der Waals surface area contributed by atoms with Gasteiger partial charge in [-0.1, -0.05) is 57.7 Å². The van der Waals surface area contributed by atoms with Crippen LogP contribution in [0.15, 0.2) is 55.2 Å². The molecule has 0 spiro atoms. The van der Waals surface area contributed by atoms with E-state index in [1.54, 1.807) is 6.20 Å². The van der Waals surface area contributed by atoms with Crippen molar-refractivity contribution >= 4 is 22.7 Å². The molecule has 2 heterocycles. The van der Waals surface area contributed by atoms with Gasteiger partial charge < -0.3 is 10.4 Å². The average Bonchev–Trinajstić information content (AvgIpc) is 2.98. The normalized spacial score (nSPS) is 12.7. The molecule has 0 unspecified atom stereocenters. The molecule has 0 fully saturated rings. The molecule has 27 heavy (non-hydrogen) atoms. The summed E-state index contributed by atoms with van der Waals surface area (Å²) in [5.74, 6) is -0.921. The first-order valence-corrected chi connectivity index (χ1v) is 8.81. The Balaban J connectivity index is 1.97.